The maximum atomic E-state index is 10.6. The minimum absolute atomic E-state index is 0.0250. The average molecular weight is 492 g/mol. The van der Waals surface area contributed by atoms with Crippen molar-refractivity contribution in [3.8, 4) is 28.7 Å². The summed E-state index contributed by atoms with van der Waals surface area (Å²) in [5.74, 6) is 2.04. The molecule has 1 aliphatic carbocycles. The Morgan fingerprint density at radius 3 is 2.19 bits per heavy atom. The van der Waals surface area contributed by atoms with Crippen molar-refractivity contribution in [1.29, 1.82) is 0 Å². The first-order valence-corrected chi connectivity index (χ1v) is 12.0. The summed E-state index contributed by atoms with van der Waals surface area (Å²) < 4.78 is 34.6. The van der Waals surface area contributed by atoms with Crippen molar-refractivity contribution in [3.63, 3.8) is 0 Å². The van der Waals surface area contributed by atoms with E-state index in [9.17, 15) is 5.11 Å². The first kappa shape index (κ1) is 22.8. The van der Waals surface area contributed by atoms with Gasteiger partial charge in [0.05, 0.1) is 26.9 Å². The van der Waals surface area contributed by atoms with Gasteiger partial charge in [0.25, 0.3) is 0 Å². The van der Waals surface area contributed by atoms with E-state index in [4.69, 9.17) is 28.4 Å². The van der Waals surface area contributed by atoms with Crippen LogP contribution in [0.1, 0.15) is 28.7 Å². The SMILES string of the molecule is COc1cc(C2c3cc4c(cc3[C@@H](Nc3ccccc3)C3CO[C@@H](OC)[C@H]23)OCO4)cc(OC)c1O. The summed E-state index contributed by atoms with van der Waals surface area (Å²) in [5.41, 5.74) is 4.15. The molecule has 3 aromatic rings. The van der Waals surface area contributed by atoms with Crippen molar-refractivity contribution in [1.82, 2.24) is 0 Å². The first-order chi connectivity index (χ1) is 17.6. The van der Waals surface area contributed by atoms with Crippen LogP contribution in [0.25, 0.3) is 0 Å². The summed E-state index contributed by atoms with van der Waals surface area (Å²) in [7, 11) is 4.74. The number of hydrogen-bond donors (Lipinski definition) is 2. The van der Waals surface area contributed by atoms with Gasteiger partial charge in [-0.1, -0.05) is 18.2 Å². The molecule has 5 atom stereocenters. The molecule has 6 rings (SSSR count). The van der Waals surface area contributed by atoms with E-state index in [0.717, 1.165) is 28.1 Å². The summed E-state index contributed by atoms with van der Waals surface area (Å²) in [5, 5.41) is 14.3. The molecule has 1 fully saturated rings. The van der Waals surface area contributed by atoms with Crippen LogP contribution >= 0.6 is 0 Å². The first-order valence-electron chi connectivity index (χ1n) is 12.0. The number of hydrogen-bond acceptors (Lipinski definition) is 8. The zero-order chi connectivity index (χ0) is 24.8. The van der Waals surface area contributed by atoms with Gasteiger partial charge in [0.1, 0.15) is 0 Å². The van der Waals surface area contributed by atoms with Gasteiger partial charge in [-0.25, -0.2) is 0 Å². The molecule has 3 aliphatic rings. The lowest BCUT2D eigenvalue weighted by atomic mass is 9.65. The van der Waals surface area contributed by atoms with E-state index in [2.05, 4.69) is 29.6 Å². The van der Waals surface area contributed by atoms with Crippen LogP contribution in [-0.2, 0) is 9.47 Å². The maximum absolute atomic E-state index is 10.6. The Balaban J connectivity index is 1.56. The zero-order valence-corrected chi connectivity index (χ0v) is 20.4. The summed E-state index contributed by atoms with van der Waals surface area (Å²) in [6.07, 6.45) is -0.413. The van der Waals surface area contributed by atoms with Crippen LogP contribution in [0.3, 0.4) is 0 Å². The fourth-order valence-electron chi connectivity index (χ4n) is 5.92. The van der Waals surface area contributed by atoms with Gasteiger partial charge in [0.15, 0.2) is 29.3 Å². The molecule has 188 valence electrons. The Bertz CT molecular complexity index is 1240. The molecule has 0 saturated carbocycles. The largest absolute Gasteiger partial charge is 0.502 e. The van der Waals surface area contributed by atoms with E-state index in [-0.39, 0.29) is 36.3 Å². The maximum Gasteiger partial charge on any atom is 0.231 e. The molecule has 8 heteroatoms. The van der Waals surface area contributed by atoms with Crippen LogP contribution in [0.5, 0.6) is 28.7 Å². The molecule has 2 heterocycles. The van der Waals surface area contributed by atoms with Crippen LogP contribution < -0.4 is 24.3 Å². The number of ether oxygens (including phenoxy) is 6. The predicted molar refractivity (Wildman–Crippen MR) is 132 cm³/mol. The standard InChI is InChI=1S/C28H29NO7/c1-31-22-9-15(10-23(32-2)27(22)30)24-17-11-20-21(36-14-35-20)12-18(17)26(29-16-7-5-4-6-8-16)19-13-34-28(33-3)25(19)24/h4-12,19,24-26,28-30H,13-14H2,1-3H3/t19?,24?,25-,26+,28+/m0/s1. The van der Waals surface area contributed by atoms with Crippen LogP contribution in [0.15, 0.2) is 54.6 Å². The second kappa shape index (κ2) is 9.11. The van der Waals surface area contributed by atoms with Crippen molar-refractivity contribution in [2.45, 2.75) is 18.2 Å². The average Bonchev–Trinajstić information content (AvgIpc) is 3.55. The highest BCUT2D eigenvalue weighted by Gasteiger charge is 2.52. The lowest BCUT2D eigenvalue weighted by Crippen LogP contribution is -2.39. The Hall–Kier alpha value is -3.62. The molecule has 2 unspecified atom stereocenters. The van der Waals surface area contributed by atoms with E-state index in [0.29, 0.717) is 23.9 Å². The molecule has 0 radical (unpaired) electrons. The number of rotatable bonds is 6. The van der Waals surface area contributed by atoms with Crippen LogP contribution in [0.2, 0.25) is 0 Å². The van der Waals surface area contributed by atoms with Gasteiger partial charge in [0, 0.05) is 30.6 Å². The third-order valence-electron chi connectivity index (χ3n) is 7.51. The predicted octanol–water partition coefficient (Wildman–Crippen LogP) is 4.67. The Kier molecular flexibility index (Phi) is 5.78. The molecule has 1 saturated heterocycles. The Morgan fingerprint density at radius 2 is 1.56 bits per heavy atom. The molecule has 0 spiro atoms. The van der Waals surface area contributed by atoms with Crippen molar-refractivity contribution in [2.75, 3.05) is 40.0 Å². The summed E-state index contributed by atoms with van der Waals surface area (Å²) in [6, 6.07) is 18.0. The van der Waals surface area contributed by atoms with Gasteiger partial charge in [0.2, 0.25) is 12.5 Å². The number of para-hydroxylation sites is 1. The number of methoxy groups -OCH3 is 3. The summed E-state index contributed by atoms with van der Waals surface area (Å²) >= 11 is 0. The third-order valence-corrected chi connectivity index (χ3v) is 7.51. The normalized spacial score (nSPS) is 25.7. The number of phenolic OH excluding ortho intramolecular Hbond substituents is 1. The minimum atomic E-state index is -0.413. The topological polar surface area (TPSA) is 87.6 Å². The summed E-state index contributed by atoms with van der Waals surface area (Å²) in [4.78, 5) is 0. The number of fused-ring (bicyclic) bond motifs is 3. The number of nitrogens with one attached hydrogen (secondary N) is 1. The lowest BCUT2D eigenvalue weighted by molar-refractivity contribution is -0.113. The van der Waals surface area contributed by atoms with Crippen molar-refractivity contribution >= 4 is 5.69 Å². The second-order valence-corrected chi connectivity index (χ2v) is 9.25. The van der Waals surface area contributed by atoms with E-state index < -0.39 is 6.29 Å². The lowest BCUT2D eigenvalue weighted by Gasteiger charge is -2.42. The van der Waals surface area contributed by atoms with Gasteiger partial charge < -0.3 is 38.8 Å². The Labute approximate surface area is 209 Å². The van der Waals surface area contributed by atoms with E-state index in [1.165, 1.54) is 14.2 Å². The molecular formula is C28H29NO7. The highest BCUT2D eigenvalue weighted by Crippen LogP contribution is 2.57. The van der Waals surface area contributed by atoms with E-state index in [1.54, 1.807) is 7.11 Å². The van der Waals surface area contributed by atoms with Crippen molar-refractivity contribution in [3.05, 3.63) is 71.3 Å². The molecule has 2 aliphatic heterocycles. The Morgan fingerprint density at radius 1 is 0.889 bits per heavy atom. The minimum Gasteiger partial charge on any atom is -0.502 e. The number of benzene rings is 3. The molecule has 0 amide bonds. The van der Waals surface area contributed by atoms with Crippen LogP contribution in [0, 0.1) is 11.8 Å². The van der Waals surface area contributed by atoms with Gasteiger partial charge in [-0.3, -0.25) is 0 Å². The fraction of sp³-hybridized carbons (Fsp3) is 0.357. The van der Waals surface area contributed by atoms with Crippen molar-refractivity contribution < 1.29 is 33.5 Å². The van der Waals surface area contributed by atoms with Crippen molar-refractivity contribution in [2.24, 2.45) is 11.8 Å². The molecular weight excluding hydrogens is 462 g/mol. The highest BCUT2D eigenvalue weighted by atomic mass is 16.7. The summed E-state index contributed by atoms with van der Waals surface area (Å²) in [6.45, 7) is 0.724. The second-order valence-electron chi connectivity index (χ2n) is 9.25. The zero-order valence-electron chi connectivity index (χ0n) is 20.4. The molecule has 8 nitrogen and oxygen atoms in total. The van der Waals surface area contributed by atoms with Crippen LogP contribution in [-0.4, -0.2) is 46.1 Å². The molecule has 2 N–H and O–H groups in total. The quantitative estimate of drug-likeness (QED) is 0.514. The highest BCUT2D eigenvalue weighted by molar-refractivity contribution is 5.60. The van der Waals surface area contributed by atoms with Crippen LogP contribution in [0.4, 0.5) is 5.69 Å². The van der Waals surface area contributed by atoms with Gasteiger partial charge in [-0.2, -0.15) is 0 Å². The monoisotopic (exact) mass is 491 g/mol. The van der Waals surface area contributed by atoms with E-state index >= 15 is 0 Å². The van der Waals surface area contributed by atoms with Gasteiger partial charge >= 0.3 is 0 Å². The smallest absolute Gasteiger partial charge is 0.231 e. The fourth-order valence-corrected chi connectivity index (χ4v) is 5.92. The molecule has 3 aromatic carbocycles. The van der Waals surface area contributed by atoms with E-state index in [1.807, 2.05) is 30.3 Å². The molecule has 0 aromatic heterocycles. The third kappa shape index (κ3) is 3.60. The van der Waals surface area contributed by atoms with Gasteiger partial charge in [-0.05, 0) is 53.1 Å². The van der Waals surface area contributed by atoms with Gasteiger partial charge in [-0.15, -0.1) is 0 Å². The number of aromatic hydroxyl groups is 1. The number of phenols is 1. The molecule has 36 heavy (non-hydrogen) atoms. The molecule has 0 bridgehead atoms. The number of anilines is 1.